The molecule has 9 heteroatoms. The molecule has 0 radical (unpaired) electrons. The van der Waals surface area contributed by atoms with Crippen LogP contribution in [-0.4, -0.2) is 52.3 Å². The molecule has 2 fully saturated rings. The maximum atomic E-state index is 13.1. The Bertz CT molecular complexity index is 964. The summed E-state index contributed by atoms with van der Waals surface area (Å²) in [6, 6.07) is 4.64. The van der Waals surface area contributed by atoms with Crippen molar-refractivity contribution in [1.82, 2.24) is 14.9 Å². The van der Waals surface area contributed by atoms with Crippen LogP contribution >= 0.6 is 11.8 Å². The van der Waals surface area contributed by atoms with Crippen molar-refractivity contribution in [3.63, 3.8) is 0 Å². The van der Waals surface area contributed by atoms with E-state index in [0.717, 1.165) is 61.4 Å². The Hall–Kier alpha value is -2.13. The van der Waals surface area contributed by atoms with Crippen LogP contribution in [0.2, 0.25) is 0 Å². The van der Waals surface area contributed by atoms with Crippen molar-refractivity contribution < 1.29 is 22.7 Å². The van der Waals surface area contributed by atoms with Crippen LogP contribution in [0.3, 0.4) is 0 Å². The van der Waals surface area contributed by atoms with Gasteiger partial charge in [0, 0.05) is 43.1 Å². The molecule has 1 aromatic heterocycles. The molecule has 0 aliphatic carbocycles. The first kappa shape index (κ1) is 23.0. The lowest BCUT2D eigenvalue weighted by Crippen LogP contribution is -2.39. The molecule has 2 aromatic rings. The normalized spacial score (nSPS) is 21.7. The second kappa shape index (κ2) is 9.79. The third-order valence-electron chi connectivity index (χ3n) is 5.94. The monoisotopic (exact) mass is 465 g/mol. The summed E-state index contributed by atoms with van der Waals surface area (Å²) < 4.78 is 44.8. The van der Waals surface area contributed by atoms with Crippen molar-refractivity contribution in [3.8, 4) is 0 Å². The van der Waals surface area contributed by atoms with E-state index in [1.54, 1.807) is 16.7 Å². The van der Waals surface area contributed by atoms with Gasteiger partial charge < -0.3 is 9.64 Å². The zero-order valence-corrected chi connectivity index (χ0v) is 18.7. The van der Waals surface area contributed by atoms with E-state index in [9.17, 15) is 18.0 Å². The maximum Gasteiger partial charge on any atom is 0.416 e. The van der Waals surface area contributed by atoms with Gasteiger partial charge in [0.25, 0.3) is 5.91 Å². The molecule has 0 unspecified atom stereocenters. The lowest BCUT2D eigenvalue weighted by atomic mass is 9.92. The van der Waals surface area contributed by atoms with Crippen LogP contribution in [0.25, 0.3) is 0 Å². The topological polar surface area (TPSA) is 55.3 Å². The van der Waals surface area contributed by atoms with Gasteiger partial charge in [-0.05, 0) is 56.4 Å². The fourth-order valence-corrected chi connectivity index (χ4v) is 5.15. The van der Waals surface area contributed by atoms with Gasteiger partial charge in [-0.2, -0.15) is 13.2 Å². The van der Waals surface area contributed by atoms with Crippen molar-refractivity contribution in [3.05, 3.63) is 52.8 Å². The standard InChI is InChI=1S/C23H26F3N3O2S/c1-15-12-27-22(32-14-19-8-4-10-31-19)28-20(15)17-6-3-9-29(13-17)21(30)16-5-2-7-18(11-16)23(24,25)26/h2,5,7,11-12,17,19H,3-4,6,8-10,13-14H2,1H3/t17-,19-/m1/s1. The van der Waals surface area contributed by atoms with Gasteiger partial charge in [0.2, 0.25) is 0 Å². The summed E-state index contributed by atoms with van der Waals surface area (Å²) >= 11 is 1.58. The number of benzene rings is 1. The van der Waals surface area contributed by atoms with Gasteiger partial charge in [0.05, 0.1) is 17.4 Å². The number of rotatable bonds is 5. The highest BCUT2D eigenvalue weighted by molar-refractivity contribution is 7.99. The van der Waals surface area contributed by atoms with Gasteiger partial charge in [0.1, 0.15) is 0 Å². The predicted octanol–water partition coefficient (Wildman–Crippen LogP) is 5.09. The minimum absolute atomic E-state index is 0.0311. The third kappa shape index (κ3) is 5.43. The largest absolute Gasteiger partial charge is 0.416 e. The number of carbonyl (C=O) groups is 1. The van der Waals surface area contributed by atoms with Crippen LogP contribution in [0.15, 0.2) is 35.6 Å². The van der Waals surface area contributed by atoms with E-state index in [2.05, 4.69) is 4.98 Å². The molecule has 2 aliphatic rings. The lowest BCUT2D eigenvalue weighted by Gasteiger charge is -2.33. The third-order valence-corrected chi connectivity index (χ3v) is 6.94. The van der Waals surface area contributed by atoms with E-state index in [-0.39, 0.29) is 23.5 Å². The summed E-state index contributed by atoms with van der Waals surface area (Å²) in [4.78, 5) is 23.8. The van der Waals surface area contributed by atoms with E-state index >= 15 is 0 Å². The summed E-state index contributed by atoms with van der Waals surface area (Å²) in [5, 5.41) is 0.697. The molecule has 1 aromatic carbocycles. The van der Waals surface area contributed by atoms with Crippen LogP contribution in [0.4, 0.5) is 13.2 Å². The maximum absolute atomic E-state index is 13.1. The van der Waals surface area contributed by atoms with E-state index in [0.29, 0.717) is 18.2 Å². The van der Waals surface area contributed by atoms with Crippen molar-refractivity contribution in [1.29, 1.82) is 0 Å². The highest BCUT2D eigenvalue weighted by Gasteiger charge is 2.32. The Morgan fingerprint density at radius 1 is 1.28 bits per heavy atom. The number of hydrogen-bond donors (Lipinski definition) is 0. The number of thioether (sulfide) groups is 1. The molecule has 0 spiro atoms. The van der Waals surface area contributed by atoms with Crippen molar-refractivity contribution in [2.24, 2.45) is 0 Å². The number of ether oxygens (including phenoxy) is 1. The van der Waals surface area contributed by atoms with Crippen LogP contribution in [0.1, 0.15) is 58.8 Å². The Labute approximate surface area is 189 Å². The van der Waals surface area contributed by atoms with E-state index < -0.39 is 11.7 Å². The van der Waals surface area contributed by atoms with Gasteiger partial charge in [-0.3, -0.25) is 4.79 Å². The summed E-state index contributed by atoms with van der Waals surface area (Å²) in [6.45, 7) is 3.72. The highest BCUT2D eigenvalue weighted by atomic mass is 32.2. The number of carbonyl (C=O) groups excluding carboxylic acids is 1. The number of halogens is 3. The first-order chi connectivity index (χ1) is 15.3. The number of aryl methyl sites for hydroxylation is 1. The van der Waals surface area contributed by atoms with Gasteiger partial charge in [-0.1, -0.05) is 17.8 Å². The SMILES string of the molecule is Cc1cnc(SC[C@H]2CCCO2)nc1[C@@H]1CCCN(C(=O)c2cccc(C(F)(F)F)c2)C1. The Morgan fingerprint density at radius 3 is 2.88 bits per heavy atom. The number of likely N-dealkylation sites (tertiary alicyclic amines) is 1. The average molecular weight is 466 g/mol. The molecule has 0 bridgehead atoms. The molecule has 2 aliphatic heterocycles. The Morgan fingerprint density at radius 2 is 2.12 bits per heavy atom. The molecular weight excluding hydrogens is 439 g/mol. The number of hydrogen-bond acceptors (Lipinski definition) is 5. The molecule has 4 rings (SSSR count). The molecule has 2 saturated heterocycles. The zero-order chi connectivity index (χ0) is 22.7. The number of aromatic nitrogens is 2. The van der Waals surface area contributed by atoms with Crippen molar-refractivity contribution >= 4 is 17.7 Å². The van der Waals surface area contributed by atoms with Crippen LogP contribution in [-0.2, 0) is 10.9 Å². The average Bonchev–Trinajstić information content (AvgIpc) is 3.31. The zero-order valence-electron chi connectivity index (χ0n) is 17.9. The lowest BCUT2D eigenvalue weighted by molar-refractivity contribution is -0.137. The van der Waals surface area contributed by atoms with Gasteiger partial charge in [0.15, 0.2) is 5.16 Å². The number of nitrogens with zero attached hydrogens (tertiary/aromatic N) is 3. The van der Waals surface area contributed by atoms with Gasteiger partial charge in [-0.25, -0.2) is 9.97 Å². The fraction of sp³-hybridized carbons (Fsp3) is 0.522. The van der Waals surface area contributed by atoms with Crippen molar-refractivity contribution in [2.45, 2.75) is 56.0 Å². The molecule has 1 amide bonds. The summed E-state index contributed by atoms with van der Waals surface area (Å²) in [5.41, 5.74) is 1.13. The molecule has 172 valence electrons. The smallest absolute Gasteiger partial charge is 0.377 e. The predicted molar refractivity (Wildman–Crippen MR) is 116 cm³/mol. The minimum atomic E-state index is -4.48. The number of alkyl halides is 3. The summed E-state index contributed by atoms with van der Waals surface area (Å²) in [7, 11) is 0. The van der Waals surface area contributed by atoms with Gasteiger partial charge in [-0.15, -0.1) is 0 Å². The number of piperidine rings is 1. The molecule has 3 heterocycles. The summed E-state index contributed by atoms with van der Waals surface area (Å²) in [6.07, 6.45) is 1.37. The van der Waals surface area contributed by atoms with Crippen molar-refractivity contribution in [2.75, 3.05) is 25.4 Å². The first-order valence-corrected chi connectivity index (χ1v) is 11.8. The molecule has 0 saturated carbocycles. The Kier molecular flexibility index (Phi) is 7.05. The van der Waals surface area contributed by atoms with E-state index in [4.69, 9.17) is 9.72 Å². The van der Waals surface area contributed by atoms with Crippen LogP contribution in [0, 0.1) is 6.92 Å². The second-order valence-electron chi connectivity index (χ2n) is 8.34. The first-order valence-electron chi connectivity index (χ1n) is 10.9. The molecule has 5 nitrogen and oxygen atoms in total. The quantitative estimate of drug-likeness (QED) is 0.455. The van der Waals surface area contributed by atoms with Gasteiger partial charge >= 0.3 is 6.18 Å². The Balaban J connectivity index is 1.46. The van der Waals surface area contributed by atoms with E-state index in [1.807, 2.05) is 13.1 Å². The molecular formula is C23H26F3N3O2S. The highest BCUT2D eigenvalue weighted by Crippen LogP contribution is 2.32. The fourth-order valence-electron chi connectivity index (χ4n) is 4.26. The van der Waals surface area contributed by atoms with E-state index in [1.165, 1.54) is 12.1 Å². The molecule has 2 atom stereocenters. The van der Waals surface area contributed by atoms with Crippen LogP contribution in [0.5, 0.6) is 0 Å². The second-order valence-corrected chi connectivity index (χ2v) is 9.32. The van der Waals surface area contributed by atoms with Crippen LogP contribution < -0.4 is 0 Å². The minimum Gasteiger partial charge on any atom is -0.377 e. The molecule has 0 N–H and O–H groups in total. The number of amides is 1. The summed E-state index contributed by atoms with van der Waals surface area (Å²) in [5.74, 6) is 0.469. The molecule has 32 heavy (non-hydrogen) atoms.